The molecule has 100 valence electrons. The van der Waals surface area contributed by atoms with Crippen LogP contribution in [-0.4, -0.2) is 16.3 Å². The van der Waals surface area contributed by atoms with Gasteiger partial charge in [0.1, 0.15) is 0 Å². The van der Waals surface area contributed by atoms with Gasteiger partial charge in [0, 0.05) is 16.2 Å². The van der Waals surface area contributed by atoms with E-state index in [2.05, 4.69) is 20.9 Å². The van der Waals surface area contributed by atoms with Crippen molar-refractivity contribution in [1.82, 2.24) is 4.98 Å². The molecule has 2 rings (SSSR count). The molecule has 0 saturated carbocycles. The highest BCUT2D eigenvalue weighted by atomic mass is 79.9. The number of halogens is 1. The number of hydrogen-bond acceptors (Lipinski definition) is 4. The van der Waals surface area contributed by atoms with Gasteiger partial charge in [0.15, 0.2) is 0 Å². The van der Waals surface area contributed by atoms with Crippen LogP contribution in [0.5, 0.6) is 5.88 Å². The van der Waals surface area contributed by atoms with E-state index in [0.717, 1.165) is 4.47 Å². The molecule has 6 heteroatoms. The number of aromatic nitrogens is 1. The van der Waals surface area contributed by atoms with Gasteiger partial charge in [-0.15, -0.1) is 0 Å². The van der Waals surface area contributed by atoms with E-state index in [1.54, 1.807) is 25.3 Å². The third-order valence-electron chi connectivity index (χ3n) is 2.49. The summed E-state index contributed by atoms with van der Waals surface area (Å²) in [7, 11) is 0.311. The zero-order valence-corrected chi connectivity index (χ0v) is 12.7. The highest BCUT2D eigenvalue weighted by Crippen LogP contribution is 2.23. The number of benzene rings is 1. The highest BCUT2D eigenvalue weighted by Gasteiger charge is 2.11. The molecule has 1 aromatic heterocycles. The molecule has 0 spiro atoms. The molecule has 0 fully saturated rings. The summed E-state index contributed by atoms with van der Waals surface area (Å²) in [5.41, 5.74) is 7.06. The summed E-state index contributed by atoms with van der Waals surface area (Å²) in [4.78, 5) is 4.85. The van der Waals surface area contributed by atoms with E-state index >= 15 is 0 Å². The molecule has 0 bridgehead atoms. The number of nitrogens with two attached hydrogens (primary N) is 1. The quantitative estimate of drug-likeness (QED) is 0.869. The number of rotatable bonds is 4. The third kappa shape index (κ3) is 3.54. The van der Waals surface area contributed by atoms with Crippen molar-refractivity contribution >= 4 is 32.4 Å². The van der Waals surface area contributed by atoms with Crippen LogP contribution < -0.4 is 10.5 Å². The number of ether oxygens (including phenoxy) is 1. The highest BCUT2D eigenvalue weighted by molar-refractivity contribution is 9.10. The normalized spacial score (nSPS) is 12.1. The summed E-state index contributed by atoms with van der Waals surface area (Å²) in [6.45, 7) is 0. The molecule has 1 unspecified atom stereocenters. The Balaban J connectivity index is 2.23. The van der Waals surface area contributed by atoms with E-state index in [1.807, 2.05) is 18.2 Å². The van der Waals surface area contributed by atoms with Crippen LogP contribution in [0.2, 0.25) is 0 Å². The van der Waals surface area contributed by atoms with Crippen molar-refractivity contribution in [3.63, 3.8) is 0 Å². The molecule has 0 aliphatic heterocycles. The van der Waals surface area contributed by atoms with Gasteiger partial charge in [-0.2, -0.15) is 0 Å². The maximum Gasteiger partial charge on any atom is 0.213 e. The fraction of sp³-hybridized carbons (Fsp3) is 0.154. The second-order valence-corrected chi connectivity index (χ2v) is 6.18. The van der Waals surface area contributed by atoms with Crippen LogP contribution >= 0.6 is 15.9 Å². The van der Waals surface area contributed by atoms with Gasteiger partial charge in [0.05, 0.1) is 34.3 Å². The van der Waals surface area contributed by atoms with Crippen LogP contribution in [0, 0.1) is 0 Å². The van der Waals surface area contributed by atoms with Gasteiger partial charge in [-0.1, -0.05) is 22.0 Å². The lowest BCUT2D eigenvalue weighted by Crippen LogP contribution is -2.03. The van der Waals surface area contributed by atoms with E-state index < -0.39 is 10.8 Å². The first-order valence-electron chi connectivity index (χ1n) is 5.53. The molecule has 1 aromatic carbocycles. The first kappa shape index (κ1) is 14.0. The summed E-state index contributed by atoms with van der Waals surface area (Å²) in [5, 5.41) is 0. The van der Waals surface area contributed by atoms with Gasteiger partial charge in [0.2, 0.25) is 5.88 Å². The number of nitrogen functional groups attached to an aromatic ring is 1. The predicted molar refractivity (Wildman–Crippen MR) is 79.5 cm³/mol. The van der Waals surface area contributed by atoms with E-state index in [0.29, 0.717) is 27.9 Å². The van der Waals surface area contributed by atoms with Crippen molar-refractivity contribution in [2.45, 2.75) is 10.6 Å². The minimum Gasteiger partial charge on any atom is -0.481 e. The molecule has 0 aliphatic rings. The molecule has 0 aliphatic carbocycles. The molecule has 1 atom stereocenters. The largest absolute Gasteiger partial charge is 0.481 e. The van der Waals surface area contributed by atoms with E-state index in [1.165, 1.54) is 0 Å². The van der Waals surface area contributed by atoms with Crippen LogP contribution in [0.25, 0.3) is 0 Å². The molecule has 0 saturated heterocycles. The van der Waals surface area contributed by atoms with Gasteiger partial charge in [-0.3, -0.25) is 4.21 Å². The molecular formula is C13H13BrN2O2S. The fourth-order valence-corrected chi connectivity index (χ4v) is 3.26. The summed E-state index contributed by atoms with van der Waals surface area (Å²) >= 11 is 3.35. The molecule has 2 aromatic rings. The van der Waals surface area contributed by atoms with Gasteiger partial charge in [-0.25, -0.2) is 4.98 Å². The Morgan fingerprint density at radius 1 is 1.37 bits per heavy atom. The van der Waals surface area contributed by atoms with Crippen molar-refractivity contribution in [3.8, 4) is 5.88 Å². The predicted octanol–water partition coefficient (Wildman–Crippen LogP) is 2.74. The number of methoxy groups -OCH3 is 1. The standard InChI is InChI=1S/C13H13BrN2O2S/c1-18-13-4-2-3-10(16-13)8-19(17)12-7-9(14)5-6-11(12)15/h2-7H,8,15H2,1H3. The number of anilines is 1. The van der Waals surface area contributed by atoms with Gasteiger partial charge in [-0.05, 0) is 24.3 Å². The summed E-state index contributed by atoms with van der Waals surface area (Å²) in [6.07, 6.45) is 0. The first-order chi connectivity index (χ1) is 9.10. The number of hydrogen-bond donors (Lipinski definition) is 1. The zero-order chi connectivity index (χ0) is 13.8. The lowest BCUT2D eigenvalue weighted by atomic mass is 10.3. The summed E-state index contributed by atoms with van der Waals surface area (Å²) in [5.74, 6) is 0.814. The Morgan fingerprint density at radius 2 is 2.16 bits per heavy atom. The SMILES string of the molecule is COc1cccc(CS(=O)c2cc(Br)ccc2N)n1. The fourth-order valence-electron chi connectivity index (χ4n) is 1.57. The smallest absolute Gasteiger partial charge is 0.213 e. The summed E-state index contributed by atoms with van der Waals surface area (Å²) < 4.78 is 18.2. The van der Waals surface area contributed by atoms with Crippen molar-refractivity contribution in [1.29, 1.82) is 0 Å². The lowest BCUT2D eigenvalue weighted by molar-refractivity contribution is 0.397. The molecule has 1 heterocycles. The number of pyridine rings is 1. The van der Waals surface area contributed by atoms with Crippen molar-refractivity contribution < 1.29 is 8.95 Å². The maximum absolute atomic E-state index is 12.3. The molecule has 2 N–H and O–H groups in total. The average molecular weight is 341 g/mol. The van der Waals surface area contributed by atoms with Crippen molar-refractivity contribution in [2.24, 2.45) is 0 Å². The topological polar surface area (TPSA) is 65.2 Å². The van der Waals surface area contributed by atoms with E-state index in [4.69, 9.17) is 10.5 Å². The summed E-state index contributed by atoms with van der Waals surface area (Å²) in [6, 6.07) is 10.7. The first-order valence-corrected chi connectivity index (χ1v) is 7.64. The Labute approximate surface area is 122 Å². The molecule has 0 amide bonds. The van der Waals surface area contributed by atoms with Crippen LogP contribution in [0.4, 0.5) is 5.69 Å². The molecule has 0 radical (unpaired) electrons. The van der Waals surface area contributed by atoms with Gasteiger partial charge in [0.25, 0.3) is 0 Å². The van der Waals surface area contributed by atoms with Crippen LogP contribution in [0.15, 0.2) is 45.8 Å². The Morgan fingerprint density at radius 3 is 2.89 bits per heavy atom. The van der Waals surface area contributed by atoms with Gasteiger partial charge >= 0.3 is 0 Å². The Kier molecular flexibility index (Phi) is 4.55. The second-order valence-electron chi connectivity index (χ2n) is 3.84. The van der Waals surface area contributed by atoms with Crippen molar-refractivity contribution in [2.75, 3.05) is 12.8 Å². The van der Waals surface area contributed by atoms with Crippen molar-refractivity contribution in [3.05, 3.63) is 46.6 Å². The van der Waals surface area contributed by atoms with Crippen LogP contribution in [-0.2, 0) is 16.6 Å². The molecule has 4 nitrogen and oxygen atoms in total. The van der Waals surface area contributed by atoms with Gasteiger partial charge < -0.3 is 10.5 Å². The zero-order valence-electron chi connectivity index (χ0n) is 10.3. The third-order valence-corrected chi connectivity index (χ3v) is 4.39. The minimum absolute atomic E-state index is 0.303. The monoisotopic (exact) mass is 340 g/mol. The number of nitrogens with zero attached hydrogens (tertiary/aromatic N) is 1. The average Bonchev–Trinajstić information content (AvgIpc) is 2.41. The van der Waals surface area contributed by atoms with Crippen LogP contribution in [0.1, 0.15) is 5.69 Å². The minimum atomic E-state index is -1.24. The van der Waals surface area contributed by atoms with E-state index in [-0.39, 0.29) is 0 Å². The van der Waals surface area contributed by atoms with Crippen LogP contribution in [0.3, 0.4) is 0 Å². The Hall–Kier alpha value is -1.40. The second kappa shape index (κ2) is 6.16. The maximum atomic E-state index is 12.3. The Bertz CT molecular complexity index is 619. The molecule has 19 heavy (non-hydrogen) atoms. The lowest BCUT2D eigenvalue weighted by Gasteiger charge is -2.07. The van der Waals surface area contributed by atoms with E-state index in [9.17, 15) is 4.21 Å². The molecular weight excluding hydrogens is 328 g/mol.